The van der Waals surface area contributed by atoms with Crippen LogP contribution in [0.15, 0.2) is 63.5 Å². The van der Waals surface area contributed by atoms with Gasteiger partial charge in [0.15, 0.2) is 4.80 Å². The number of allylic oxidation sites excluding steroid dienone is 1. The van der Waals surface area contributed by atoms with Crippen LogP contribution in [0.1, 0.15) is 37.9 Å². The molecule has 1 aromatic heterocycles. The Morgan fingerprint density at radius 2 is 1.85 bits per heavy atom. The van der Waals surface area contributed by atoms with Crippen LogP contribution in [-0.4, -0.2) is 23.8 Å². The largest absolute Gasteiger partial charge is 0.497 e. The molecule has 0 aliphatic carbocycles. The van der Waals surface area contributed by atoms with Crippen LogP contribution in [0.25, 0.3) is 6.08 Å². The predicted octanol–water partition coefficient (Wildman–Crippen LogP) is 4.50. The van der Waals surface area contributed by atoms with Gasteiger partial charge >= 0.3 is 5.97 Å². The first kappa shape index (κ1) is 24.3. The summed E-state index contributed by atoms with van der Waals surface area (Å²) in [5, 5.41) is 0.831. The summed E-state index contributed by atoms with van der Waals surface area (Å²) < 4.78 is 12.8. The van der Waals surface area contributed by atoms with E-state index in [-0.39, 0.29) is 11.7 Å². The fourth-order valence-electron chi connectivity index (χ4n) is 3.72. The monoisotopic (exact) mass is 516 g/mol. The van der Waals surface area contributed by atoms with Gasteiger partial charge in [-0.25, -0.2) is 9.79 Å². The number of carbonyl (C=O) groups is 1. The van der Waals surface area contributed by atoms with Crippen LogP contribution in [0.3, 0.4) is 0 Å². The number of nitrogens with zero attached hydrogens (tertiary/aromatic N) is 2. The minimum atomic E-state index is -0.690. The number of methoxy groups -OCH3 is 1. The zero-order valence-electron chi connectivity index (χ0n) is 19.0. The lowest BCUT2D eigenvalue weighted by atomic mass is 9.96. The number of rotatable bonds is 5. The van der Waals surface area contributed by atoms with E-state index in [0.29, 0.717) is 36.4 Å². The number of thiazole rings is 1. The van der Waals surface area contributed by atoms with E-state index in [2.05, 4.69) is 4.99 Å². The first-order valence-electron chi connectivity index (χ1n) is 10.5. The van der Waals surface area contributed by atoms with Crippen LogP contribution in [0, 0.1) is 0 Å². The van der Waals surface area contributed by atoms with Gasteiger partial charge in [-0.1, -0.05) is 52.7 Å². The van der Waals surface area contributed by atoms with Gasteiger partial charge < -0.3 is 9.47 Å². The summed E-state index contributed by atoms with van der Waals surface area (Å²) in [4.78, 5) is 31.8. The molecule has 0 radical (unpaired) electrons. The summed E-state index contributed by atoms with van der Waals surface area (Å²) in [6.07, 6.45) is 1.42. The normalized spacial score (nSPS) is 15.9. The summed E-state index contributed by atoms with van der Waals surface area (Å²) in [5.74, 6) is 0.165. The highest BCUT2D eigenvalue weighted by Crippen LogP contribution is 2.32. The van der Waals surface area contributed by atoms with Crippen molar-refractivity contribution < 1.29 is 14.3 Å². The third-order valence-corrected chi connectivity index (χ3v) is 6.98. The van der Waals surface area contributed by atoms with Crippen LogP contribution in [-0.2, 0) is 9.53 Å². The smallest absolute Gasteiger partial charge is 0.338 e. The van der Waals surface area contributed by atoms with E-state index in [0.717, 1.165) is 11.1 Å². The van der Waals surface area contributed by atoms with E-state index < -0.39 is 12.0 Å². The maximum atomic E-state index is 13.6. The molecule has 176 valence electrons. The number of esters is 1. The predicted molar refractivity (Wildman–Crippen MR) is 134 cm³/mol. The summed E-state index contributed by atoms with van der Waals surface area (Å²) >= 11 is 13.4. The Kier molecular flexibility index (Phi) is 6.98. The lowest BCUT2D eigenvalue weighted by molar-refractivity contribution is -0.143. The number of carbonyl (C=O) groups excluding carboxylic acids is 1. The summed E-state index contributed by atoms with van der Waals surface area (Å²) in [5.41, 5.74) is 2.04. The van der Waals surface area contributed by atoms with Crippen LogP contribution >= 0.6 is 34.5 Å². The van der Waals surface area contributed by atoms with E-state index in [1.54, 1.807) is 68.9 Å². The number of hydrogen-bond acceptors (Lipinski definition) is 6. The number of hydrogen-bond donors (Lipinski definition) is 0. The molecule has 0 N–H and O–H groups in total. The van der Waals surface area contributed by atoms with Gasteiger partial charge in [0.25, 0.3) is 5.56 Å². The van der Waals surface area contributed by atoms with Crippen molar-refractivity contribution in [3.8, 4) is 5.75 Å². The number of benzene rings is 2. The Morgan fingerprint density at radius 1 is 1.15 bits per heavy atom. The molecule has 1 aliphatic heterocycles. The van der Waals surface area contributed by atoms with Crippen LogP contribution < -0.4 is 19.6 Å². The molecule has 9 heteroatoms. The molecule has 34 heavy (non-hydrogen) atoms. The maximum Gasteiger partial charge on any atom is 0.338 e. The lowest BCUT2D eigenvalue weighted by Gasteiger charge is -2.25. The molecule has 0 spiro atoms. The van der Waals surface area contributed by atoms with Crippen LogP contribution in [0.2, 0.25) is 10.0 Å². The molecule has 1 aliphatic rings. The van der Waals surface area contributed by atoms with Crippen molar-refractivity contribution in [1.29, 1.82) is 0 Å². The summed E-state index contributed by atoms with van der Waals surface area (Å²) in [6, 6.07) is 11.7. The third kappa shape index (κ3) is 4.69. The highest BCUT2D eigenvalue weighted by molar-refractivity contribution is 7.07. The van der Waals surface area contributed by atoms with Gasteiger partial charge in [0.2, 0.25) is 0 Å². The Balaban J connectivity index is 1.93. The highest BCUT2D eigenvalue weighted by Gasteiger charge is 2.33. The first-order valence-corrected chi connectivity index (χ1v) is 12.1. The molecule has 4 rings (SSSR count). The molecule has 0 saturated heterocycles. The van der Waals surface area contributed by atoms with Gasteiger partial charge in [-0.3, -0.25) is 9.36 Å². The molecule has 2 aromatic carbocycles. The Morgan fingerprint density at radius 3 is 2.47 bits per heavy atom. The highest BCUT2D eigenvalue weighted by atomic mass is 35.5. The van der Waals surface area contributed by atoms with E-state index in [1.807, 2.05) is 12.1 Å². The van der Waals surface area contributed by atoms with Crippen LogP contribution in [0.4, 0.5) is 0 Å². The summed E-state index contributed by atoms with van der Waals surface area (Å²) in [6.45, 7) is 5.31. The molecule has 0 amide bonds. The zero-order chi connectivity index (χ0) is 24.6. The maximum absolute atomic E-state index is 13.6. The number of fused-ring (bicyclic) bond motifs is 1. The molecule has 2 heterocycles. The number of aromatic nitrogens is 1. The molecule has 0 fully saturated rings. The minimum Gasteiger partial charge on any atom is -0.497 e. The van der Waals surface area contributed by atoms with Crippen LogP contribution in [0.5, 0.6) is 5.75 Å². The van der Waals surface area contributed by atoms with E-state index in [9.17, 15) is 9.59 Å². The Hall–Kier alpha value is -2.87. The Bertz CT molecular complexity index is 1470. The Labute approximate surface area is 210 Å². The topological polar surface area (TPSA) is 69.9 Å². The molecular weight excluding hydrogens is 495 g/mol. The van der Waals surface area contributed by atoms with Crippen molar-refractivity contribution in [1.82, 2.24) is 4.57 Å². The van der Waals surface area contributed by atoms with Gasteiger partial charge in [-0.15, -0.1) is 0 Å². The summed E-state index contributed by atoms with van der Waals surface area (Å²) in [7, 11) is 1.58. The second kappa shape index (κ2) is 9.78. The third-order valence-electron chi connectivity index (χ3n) is 5.26. The van der Waals surface area contributed by atoms with Gasteiger partial charge in [0.05, 0.1) is 45.1 Å². The number of halogens is 2. The average Bonchev–Trinajstić information content (AvgIpc) is 3.09. The standard InChI is InChI=1S/C25H22Cl2N2O4S/c1-13(2)33-24(31)21-14(3)28-25-29(22(21)16-6-8-17(32-4)9-7-16)23(30)20(34-25)12-15-5-10-18(26)19(27)11-15/h5-13,22H,1-4H3/b20-12+. The average molecular weight is 517 g/mol. The number of ether oxygens (including phenoxy) is 2. The zero-order valence-corrected chi connectivity index (χ0v) is 21.3. The molecule has 0 bridgehead atoms. The van der Waals surface area contributed by atoms with E-state index in [4.69, 9.17) is 32.7 Å². The van der Waals surface area contributed by atoms with Crippen molar-refractivity contribution in [2.45, 2.75) is 32.9 Å². The van der Waals surface area contributed by atoms with Gasteiger partial charge in [0.1, 0.15) is 5.75 Å². The van der Waals surface area contributed by atoms with Crippen molar-refractivity contribution in [2.24, 2.45) is 4.99 Å². The second-order valence-corrected chi connectivity index (χ2v) is 9.81. The second-order valence-electron chi connectivity index (χ2n) is 7.98. The minimum absolute atomic E-state index is 0.266. The first-order chi connectivity index (χ1) is 16.2. The quantitative estimate of drug-likeness (QED) is 0.468. The molecule has 1 unspecified atom stereocenters. The fourth-order valence-corrected chi connectivity index (χ4v) is 5.07. The molecule has 0 saturated carbocycles. The molecular formula is C25H22Cl2N2O4S. The van der Waals surface area contributed by atoms with Crippen molar-refractivity contribution in [3.63, 3.8) is 0 Å². The van der Waals surface area contributed by atoms with Crippen molar-refractivity contribution in [2.75, 3.05) is 7.11 Å². The van der Waals surface area contributed by atoms with Crippen molar-refractivity contribution in [3.05, 3.63) is 94.6 Å². The van der Waals surface area contributed by atoms with E-state index in [1.165, 1.54) is 11.3 Å². The lowest BCUT2D eigenvalue weighted by Crippen LogP contribution is -2.40. The molecule has 3 aromatic rings. The fraction of sp³-hybridized carbons (Fsp3) is 0.240. The van der Waals surface area contributed by atoms with Gasteiger partial charge in [-0.2, -0.15) is 0 Å². The molecule has 6 nitrogen and oxygen atoms in total. The SMILES string of the molecule is COc1ccc(C2C(C(=O)OC(C)C)=C(C)N=c3s/c(=C/c4ccc(Cl)c(Cl)c4)c(=O)n32)cc1. The van der Waals surface area contributed by atoms with Gasteiger partial charge in [0, 0.05) is 0 Å². The van der Waals surface area contributed by atoms with Gasteiger partial charge in [-0.05, 0) is 62.2 Å². The van der Waals surface area contributed by atoms with Crippen molar-refractivity contribution >= 4 is 46.6 Å². The van der Waals surface area contributed by atoms with E-state index >= 15 is 0 Å². The molecule has 1 atom stereocenters.